The first-order valence-corrected chi connectivity index (χ1v) is 8.57. The molecule has 1 fully saturated rings. The maximum Gasteiger partial charge on any atom is 0.253 e. The number of nitrogen functional groups attached to an aromatic ring is 1. The lowest BCUT2D eigenvalue weighted by molar-refractivity contribution is 0.0929. The molecule has 3 nitrogen and oxygen atoms in total. The molecular formula is C14H20BrClN2OS. The SMILES string of the molecule is CSC1CCCC(NC(=O)c2ccc(Br)cc2N)C1.Cl. The van der Waals surface area contributed by atoms with Crippen LogP contribution < -0.4 is 11.1 Å². The lowest BCUT2D eigenvalue weighted by Gasteiger charge is -2.28. The zero-order valence-electron chi connectivity index (χ0n) is 11.4. The Hall–Kier alpha value is -0.390. The van der Waals surface area contributed by atoms with E-state index in [0.29, 0.717) is 16.5 Å². The summed E-state index contributed by atoms with van der Waals surface area (Å²) in [7, 11) is 0. The molecule has 1 aliphatic rings. The fraction of sp³-hybridized carbons (Fsp3) is 0.500. The monoisotopic (exact) mass is 378 g/mol. The number of nitrogens with two attached hydrogens (primary N) is 1. The molecule has 0 spiro atoms. The maximum atomic E-state index is 12.2. The second-order valence-corrected chi connectivity index (χ2v) is 6.98. The largest absolute Gasteiger partial charge is 0.398 e. The molecule has 0 saturated heterocycles. The predicted octanol–water partition coefficient (Wildman–Crippen LogP) is 3.86. The lowest BCUT2D eigenvalue weighted by Crippen LogP contribution is -2.39. The van der Waals surface area contributed by atoms with Crippen LogP contribution in [0.1, 0.15) is 36.0 Å². The van der Waals surface area contributed by atoms with Crippen molar-refractivity contribution in [2.45, 2.75) is 37.0 Å². The summed E-state index contributed by atoms with van der Waals surface area (Å²) in [6.07, 6.45) is 6.71. The van der Waals surface area contributed by atoms with Crippen molar-refractivity contribution in [2.75, 3.05) is 12.0 Å². The van der Waals surface area contributed by atoms with Crippen LogP contribution in [-0.4, -0.2) is 23.5 Å². The van der Waals surface area contributed by atoms with E-state index in [9.17, 15) is 4.79 Å². The van der Waals surface area contributed by atoms with Crippen LogP contribution in [0.4, 0.5) is 5.69 Å². The number of carbonyl (C=O) groups is 1. The van der Waals surface area contributed by atoms with Crippen LogP contribution >= 0.6 is 40.1 Å². The molecule has 0 bridgehead atoms. The summed E-state index contributed by atoms with van der Waals surface area (Å²) in [6, 6.07) is 5.66. The van der Waals surface area contributed by atoms with E-state index in [1.807, 2.05) is 17.8 Å². The summed E-state index contributed by atoms with van der Waals surface area (Å²) >= 11 is 5.24. The molecule has 1 aromatic carbocycles. The minimum Gasteiger partial charge on any atom is -0.398 e. The number of nitrogens with one attached hydrogen (secondary N) is 1. The zero-order chi connectivity index (χ0) is 13.8. The van der Waals surface area contributed by atoms with E-state index in [-0.39, 0.29) is 24.4 Å². The number of rotatable bonds is 3. The minimum absolute atomic E-state index is 0. The van der Waals surface area contributed by atoms with E-state index >= 15 is 0 Å². The predicted molar refractivity (Wildman–Crippen MR) is 92.8 cm³/mol. The highest BCUT2D eigenvalue weighted by Gasteiger charge is 2.23. The van der Waals surface area contributed by atoms with Crippen molar-refractivity contribution in [3.8, 4) is 0 Å². The molecule has 0 aliphatic heterocycles. The second kappa shape index (κ2) is 8.15. The fourth-order valence-electron chi connectivity index (χ4n) is 2.49. The van der Waals surface area contributed by atoms with E-state index in [1.165, 1.54) is 12.8 Å². The Morgan fingerprint density at radius 2 is 2.20 bits per heavy atom. The second-order valence-electron chi connectivity index (χ2n) is 4.93. The zero-order valence-corrected chi connectivity index (χ0v) is 14.6. The van der Waals surface area contributed by atoms with Gasteiger partial charge >= 0.3 is 0 Å². The highest BCUT2D eigenvalue weighted by molar-refractivity contribution is 9.10. The van der Waals surface area contributed by atoms with Gasteiger partial charge in [0, 0.05) is 21.5 Å². The highest BCUT2D eigenvalue weighted by Crippen LogP contribution is 2.27. The molecular weight excluding hydrogens is 360 g/mol. The van der Waals surface area contributed by atoms with Gasteiger partial charge in [0.15, 0.2) is 0 Å². The molecule has 0 heterocycles. The Bertz CT molecular complexity index is 472. The molecule has 1 amide bonds. The molecule has 2 unspecified atom stereocenters. The van der Waals surface area contributed by atoms with Crippen molar-refractivity contribution >= 4 is 51.7 Å². The number of thioether (sulfide) groups is 1. The summed E-state index contributed by atoms with van der Waals surface area (Å²) in [4.78, 5) is 12.2. The molecule has 1 saturated carbocycles. The van der Waals surface area contributed by atoms with E-state index in [4.69, 9.17) is 5.73 Å². The van der Waals surface area contributed by atoms with Gasteiger partial charge in [-0.05, 0) is 43.7 Å². The van der Waals surface area contributed by atoms with Gasteiger partial charge in [-0.3, -0.25) is 4.79 Å². The van der Waals surface area contributed by atoms with Crippen LogP contribution in [0.3, 0.4) is 0 Å². The number of halogens is 2. The van der Waals surface area contributed by atoms with Gasteiger partial charge in [0.1, 0.15) is 0 Å². The van der Waals surface area contributed by atoms with Gasteiger partial charge in [0.2, 0.25) is 0 Å². The summed E-state index contributed by atoms with van der Waals surface area (Å²) in [6.45, 7) is 0. The Labute approximate surface area is 139 Å². The molecule has 2 rings (SSSR count). The number of carbonyl (C=O) groups excluding carboxylic acids is 1. The van der Waals surface area contributed by atoms with Crippen LogP contribution in [-0.2, 0) is 0 Å². The normalized spacial score (nSPS) is 21.9. The number of amides is 1. The van der Waals surface area contributed by atoms with Gasteiger partial charge in [-0.25, -0.2) is 0 Å². The van der Waals surface area contributed by atoms with Gasteiger partial charge in [0.25, 0.3) is 5.91 Å². The quantitative estimate of drug-likeness (QED) is 0.784. The van der Waals surface area contributed by atoms with Crippen molar-refractivity contribution in [1.29, 1.82) is 0 Å². The van der Waals surface area contributed by atoms with Gasteiger partial charge in [-0.2, -0.15) is 11.8 Å². The third kappa shape index (κ3) is 4.57. The molecule has 1 aromatic rings. The fourth-order valence-corrected chi connectivity index (χ4v) is 3.70. The summed E-state index contributed by atoms with van der Waals surface area (Å²) in [5, 5.41) is 3.78. The van der Waals surface area contributed by atoms with Gasteiger partial charge in [0.05, 0.1) is 5.56 Å². The van der Waals surface area contributed by atoms with Gasteiger partial charge < -0.3 is 11.1 Å². The molecule has 0 aromatic heterocycles. The van der Waals surface area contributed by atoms with Crippen LogP contribution in [0.25, 0.3) is 0 Å². The van der Waals surface area contributed by atoms with Crippen molar-refractivity contribution in [1.82, 2.24) is 5.32 Å². The first kappa shape index (κ1) is 17.7. The Balaban J connectivity index is 0.00000200. The first-order chi connectivity index (χ1) is 9.10. The molecule has 3 N–H and O–H groups in total. The lowest BCUT2D eigenvalue weighted by atomic mass is 9.94. The molecule has 0 radical (unpaired) electrons. The van der Waals surface area contributed by atoms with E-state index in [1.54, 1.807) is 12.1 Å². The van der Waals surface area contributed by atoms with E-state index in [2.05, 4.69) is 27.5 Å². The third-order valence-corrected chi connectivity index (χ3v) is 5.14. The summed E-state index contributed by atoms with van der Waals surface area (Å²) < 4.78 is 0.890. The van der Waals surface area contributed by atoms with Crippen molar-refractivity contribution in [2.24, 2.45) is 0 Å². The minimum atomic E-state index is -0.0586. The topological polar surface area (TPSA) is 55.1 Å². The van der Waals surface area contributed by atoms with Crippen molar-refractivity contribution < 1.29 is 4.79 Å². The Kier molecular flexibility index (Phi) is 7.20. The maximum absolute atomic E-state index is 12.2. The summed E-state index contributed by atoms with van der Waals surface area (Å²) in [5.74, 6) is -0.0586. The smallest absolute Gasteiger partial charge is 0.253 e. The van der Waals surface area contributed by atoms with Crippen LogP contribution in [0.2, 0.25) is 0 Å². The molecule has 20 heavy (non-hydrogen) atoms. The first-order valence-electron chi connectivity index (χ1n) is 6.49. The highest BCUT2D eigenvalue weighted by atomic mass is 79.9. The number of anilines is 1. The number of hydrogen-bond donors (Lipinski definition) is 2. The van der Waals surface area contributed by atoms with E-state index in [0.717, 1.165) is 17.3 Å². The van der Waals surface area contributed by atoms with Gasteiger partial charge in [-0.1, -0.05) is 22.4 Å². The van der Waals surface area contributed by atoms with Crippen LogP contribution in [0.15, 0.2) is 22.7 Å². The van der Waals surface area contributed by atoms with Crippen LogP contribution in [0, 0.1) is 0 Å². The number of hydrogen-bond acceptors (Lipinski definition) is 3. The molecule has 6 heteroatoms. The molecule has 112 valence electrons. The Morgan fingerprint density at radius 3 is 2.85 bits per heavy atom. The Morgan fingerprint density at radius 1 is 1.45 bits per heavy atom. The molecule has 1 aliphatic carbocycles. The average Bonchev–Trinajstić information content (AvgIpc) is 2.38. The van der Waals surface area contributed by atoms with Gasteiger partial charge in [-0.15, -0.1) is 12.4 Å². The average molecular weight is 380 g/mol. The third-order valence-electron chi connectivity index (χ3n) is 3.55. The van der Waals surface area contributed by atoms with Crippen molar-refractivity contribution in [3.63, 3.8) is 0 Å². The summed E-state index contributed by atoms with van der Waals surface area (Å²) in [5.41, 5.74) is 6.97. The molecule has 2 atom stereocenters. The number of benzene rings is 1. The van der Waals surface area contributed by atoms with Crippen LogP contribution in [0.5, 0.6) is 0 Å². The standard InChI is InChI=1S/C14H19BrN2OS.ClH/c1-19-11-4-2-3-10(8-11)17-14(18)12-6-5-9(15)7-13(12)16;/h5-7,10-11H,2-4,8,16H2,1H3,(H,17,18);1H. The van der Waals surface area contributed by atoms with E-state index < -0.39 is 0 Å². The van der Waals surface area contributed by atoms with Crippen molar-refractivity contribution in [3.05, 3.63) is 28.2 Å².